The number of H-pyrrole nitrogens is 1. The molecule has 3 aromatic rings. The molecule has 4 heteroatoms. The molecule has 0 aliphatic rings. The molecule has 0 saturated heterocycles. The van der Waals surface area contributed by atoms with Gasteiger partial charge in [0.05, 0.1) is 18.1 Å². The summed E-state index contributed by atoms with van der Waals surface area (Å²) in [6.07, 6.45) is 0. The van der Waals surface area contributed by atoms with E-state index in [-0.39, 0.29) is 5.78 Å². The van der Waals surface area contributed by atoms with Crippen LogP contribution >= 0.6 is 0 Å². The number of ketones is 1. The zero-order valence-corrected chi connectivity index (χ0v) is 10.4. The van der Waals surface area contributed by atoms with E-state index in [2.05, 4.69) is 9.97 Å². The normalized spacial score (nSPS) is 10.6. The summed E-state index contributed by atoms with van der Waals surface area (Å²) in [7, 11) is 1.59. The zero-order chi connectivity index (χ0) is 13.2. The zero-order valence-electron chi connectivity index (χ0n) is 10.4. The Morgan fingerprint density at radius 3 is 2.53 bits per heavy atom. The molecule has 0 fully saturated rings. The van der Waals surface area contributed by atoms with E-state index in [0.29, 0.717) is 11.4 Å². The van der Waals surface area contributed by atoms with Gasteiger partial charge in [-0.1, -0.05) is 12.1 Å². The van der Waals surface area contributed by atoms with Crippen molar-refractivity contribution >= 4 is 16.8 Å². The van der Waals surface area contributed by atoms with Crippen molar-refractivity contribution in [3.63, 3.8) is 0 Å². The smallest absolute Gasteiger partial charge is 0.228 e. The fourth-order valence-corrected chi connectivity index (χ4v) is 1.94. The summed E-state index contributed by atoms with van der Waals surface area (Å²) in [5, 5.41) is 0. The number of nitrogens with zero attached hydrogens (tertiary/aromatic N) is 1. The fraction of sp³-hybridized carbons (Fsp3) is 0.0667. The first-order valence-corrected chi connectivity index (χ1v) is 5.91. The number of methoxy groups -OCH3 is 1. The van der Waals surface area contributed by atoms with Crippen molar-refractivity contribution in [2.24, 2.45) is 0 Å². The SMILES string of the molecule is COc1ccc(C(=O)c2nc3ccccc3[nH]2)cc1. The summed E-state index contributed by atoms with van der Waals surface area (Å²) in [4.78, 5) is 19.6. The van der Waals surface area contributed by atoms with E-state index < -0.39 is 0 Å². The molecule has 0 atom stereocenters. The van der Waals surface area contributed by atoms with Crippen LogP contribution in [0.4, 0.5) is 0 Å². The van der Waals surface area contributed by atoms with E-state index in [0.717, 1.165) is 16.8 Å². The van der Waals surface area contributed by atoms with Gasteiger partial charge >= 0.3 is 0 Å². The number of benzene rings is 2. The standard InChI is InChI=1S/C15H12N2O2/c1-19-11-8-6-10(7-9-11)14(18)15-16-12-4-2-3-5-13(12)17-15/h2-9H,1H3,(H,16,17). The number of hydrogen-bond acceptors (Lipinski definition) is 3. The first-order chi connectivity index (χ1) is 9.28. The largest absolute Gasteiger partial charge is 0.497 e. The average molecular weight is 252 g/mol. The quantitative estimate of drug-likeness (QED) is 0.729. The van der Waals surface area contributed by atoms with Crippen molar-refractivity contribution in [2.75, 3.05) is 7.11 Å². The number of carbonyl (C=O) groups is 1. The summed E-state index contributed by atoms with van der Waals surface area (Å²) in [5.74, 6) is 0.950. The Morgan fingerprint density at radius 2 is 1.84 bits per heavy atom. The molecule has 0 saturated carbocycles. The molecule has 4 nitrogen and oxygen atoms in total. The lowest BCUT2D eigenvalue weighted by atomic mass is 10.1. The number of hydrogen-bond donors (Lipinski definition) is 1. The molecular formula is C15H12N2O2. The van der Waals surface area contributed by atoms with Crippen molar-refractivity contribution in [1.82, 2.24) is 9.97 Å². The third-order valence-corrected chi connectivity index (χ3v) is 2.96. The van der Waals surface area contributed by atoms with E-state index in [9.17, 15) is 4.79 Å². The molecule has 0 amide bonds. The minimum absolute atomic E-state index is 0.126. The third-order valence-electron chi connectivity index (χ3n) is 2.96. The van der Waals surface area contributed by atoms with Crippen LogP contribution < -0.4 is 4.74 Å². The highest BCUT2D eigenvalue weighted by atomic mass is 16.5. The minimum Gasteiger partial charge on any atom is -0.497 e. The maximum atomic E-state index is 12.3. The van der Waals surface area contributed by atoms with E-state index >= 15 is 0 Å². The number of imidazole rings is 1. The Hall–Kier alpha value is -2.62. The lowest BCUT2D eigenvalue weighted by molar-refractivity contribution is 0.103. The molecule has 3 rings (SSSR count). The van der Waals surface area contributed by atoms with Crippen LogP contribution in [0.1, 0.15) is 16.2 Å². The number of nitrogens with one attached hydrogen (secondary N) is 1. The van der Waals surface area contributed by atoms with Crippen LogP contribution in [0, 0.1) is 0 Å². The molecule has 1 N–H and O–H groups in total. The van der Waals surface area contributed by atoms with Gasteiger partial charge in [-0.25, -0.2) is 4.98 Å². The van der Waals surface area contributed by atoms with Crippen LogP contribution in [-0.2, 0) is 0 Å². The topological polar surface area (TPSA) is 55.0 Å². The van der Waals surface area contributed by atoms with Gasteiger partial charge in [-0.05, 0) is 36.4 Å². The van der Waals surface area contributed by atoms with E-state index in [4.69, 9.17) is 4.74 Å². The van der Waals surface area contributed by atoms with Gasteiger partial charge in [-0.15, -0.1) is 0 Å². The number of aromatic nitrogens is 2. The number of para-hydroxylation sites is 2. The minimum atomic E-state index is -0.126. The molecule has 1 heterocycles. The van der Waals surface area contributed by atoms with Gasteiger partial charge in [0.1, 0.15) is 5.75 Å². The van der Waals surface area contributed by atoms with Gasteiger partial charge in [-0.3, -0.25) is 4.79 Å². The molecule has 2 aromatic carbocycles. The predicted molar refractivity (Wildman–Crippen MR) is 72.5 cm³/mol. The Bertz CT molecular complexity index is 696. The lowest BCUT2D eigenvalue weighted by Crippen LogP contribution is -2.03. The molecule has 1 aromatic heterocycles. The fourth-order valence-electron chi connectivity index (χ4n) is 1.94. The number of aromatic amines is 1. The van der Waals surface area contributed by atoms with Crippen molar-refractivity contribution in [3.05, 3.63) is 59.9 Å². The summed E-state index contributed by atoms with van der Waals surface area (Å²) >= 11 is 0. The van der Waals surface area contributed by atoms with Crippen LogP contribution in [-0.4, -0.2) is 22.9 Å². The monoisotopic (exact) mass is 252 g/mol. The number of carbonyl (C=O) groups excluding carboxylic acids is 1. The van der Waals surface area contributed by atoms with Gasteiger partial charge in [-0.2, -0.15) is 0 Å². The molecule has 0 aliphatic carbocycles. The van der Waals surface area contributed by atoms with Gasteiger partial charge in [0, 0.05) is 5.56 Å². The van der Waals surface area contributed by atoms with Crippen LogP contribution in [0.2, 0.25) is 0 Å². The second-order valence-electron chi connectivity index (χ2n) is 4.16. The Balaban J connectivity index is 1.98. The van der Waals surface area contributed by atoms with E-state index in [1.807, 2.05) is 24.3 Å². The maximum absolute atomic E-state index is 12.3. The molecule has 0 unspecified atom stereocenters. The van der Waals surface area contributed by atoms with Crippen molar-refractivity contribution in [1.29, 1.82) is 0 Å². The summed E-state index contributed by atoms with van der Waals surface area (Å²) in [5.41, 5.74) is 2.23. The van der Waals surface area contributed by atoms with Gasteiger partial charge in [0.2, 0.25) is 5.78 Å². The Labute approximate surface area is 110 Å². The molecule has 19 heavy (non-hydrogen) atoms. The van der Waals surface area contributed by atoms with Gasteiger partial charge < -0.3 is 9.72 Å². The summed E-state index contributed by atoms with van der Waals surface area (Å²) < 4.78 is 5.07. The second-order valence-corrected chi connectivity index (χ2v) is 4.16. The first-order valence-electron chi connectivity index (χ1n) is 5.91. The van der Waals surface area contributed by atoms with E-state index in [1.165, 1.54) is 0 Å². The second kappa shape index (κ2) is 4.57. The summed E-state index contributed by atoms with van der Waals surface area (Å²) in [6.45, 7) is 0. The molecule has 94 valence electrons. The van der Waals surface area contributed by atoms with Crippen LogP contribution in [0.3, 0.4) is 0 Å². The van der Waals surface area contributed by atoms with Crippen LogP contribution in [0.15, 0.2) is 48.5 Å². The Kier molecular flexibility index (Phi) is 2.76. The van der Waals surface area contributed by atoms with E-state index in [1.54, 1.807) is 31.4 Å². The third kappa shape index (κ3) is 2.08. The lowest BCUT2D eigenvalue weighted by Gasteiger charge is -2.00. The van der Waals surface area contributed by atoms with Gasteiger partial charge in [0.15, 0.2) is 5.82 Å². The molecular weight excluding hydrogens is 240 g/mol. The molecule has 0 bridgehead atoms. The highest BCUT2D eigenvalue weighted by molar-refractivity contribution is 6.07. The number of rotatable bonds is 3. The van der Waals surface area contributed by atoms with Crippen molar-refractivity contribution in [3.8, 4) is 5.75 Å². The highest BCUT2D eigenvalue weighted by Crippen LogP contribution is 2.16. The first kappa shape index (κ1) is 11.5. The van der Waals surface area contributed by atoms with Crippen LogP contribution in [0.5, 0.6) is 5.75 Å². The van der Waals surface area contributed by atoms with Crippen molar-refractivity contribution in [2.45, 2.75) is 0 Å². The predicted octanol–water partition coefficient (Wildman–Crippen LogP) is 2.80. The maximum Gasteiger partial charge on any atom is 0.228 e. The van der Waals surface area contributed by atoms with Gasteiger partial charge in [0.25, 0.3) is 0 Å². The molecule has 0 aliphatic heterocycles. The number of ether oxygens (including phenoxy) is 1. The average Bonchev–Trinajstić information content (AvgIpc) is 2.90. The van der Waals surface area contributed by atoms with Crippen LogP contribution in [0.25, 0.3) is 11.0 Å². The van der Waals surface area contributed by atoms with Crippen molar-refractivity contribution < 1.29 is 9.53 Å². The molecule has 0 radical (unpaired) electrons. The Morgan fingerprint density at radius 1 is 1.11 bits per heavy atom. The molecule has 0 spiro atoms. The summed E-state index contributed by atoms with van der Waals surface area (Å²) in [6, 6.07) is 14.5. The number of fused-ring (bicyclic) bond motifs is 1. The highest BCUT2D eigenvalue weighted by Gasteiger charge is 2.13.